The van der Waals surface area contributed by atoms with E-state index in [4.69, 9.17) is 22.1 Å². The Morgan fingerprint density at radius 2 is 1.96 bits per heavy atom. The average molecular weight is 345 g/mol. The van der Waals surface area contributed by atoms with E-state index in [1.807, 2.05) is 37.3 Å². The number of nitrogens with two attached hydrogens (primary N) is 1. The molecule has 5 heteroatoms. The SMILES string of the molecule is Cc1cccc(Cl)c1OCC(=O)N1C[C@@H](N)[C@H](c2ccccc2)C1. The van der Waals surface area contributed by atoms with Gasteiger partial charge in [-0.2, -0.15) is 0 Å². The Hall–Kier alpha value is -2.04. The average Bonchev–Trinajstić information content (AvgIpc) is 2.97. The summed E-state index contributed by atoms with van der Waals surface area (Å²) in [6.07, 6.45) is 0. The van der Waals surface area contributed by atoms with Gasteiger partial charge in [-0.3, -0.25) is 4.79 Å². The molecule has 2 aromatic rings. The first kappa shape index (κ1) is 16.8. The van der Waals surface area contributed by atoms with Gasteiger partial charge >= 0.3 is 0 Å². The first-order valence-electron chi connectivity index (χ1n) is 8.02. The zero-order valence-corrected chi connectivity index (χ0v) is 14.4. The standard InChI is InChI=1S/C19H21ClN2O2/c1-13-6-5-9-16(20)19(13)24-12-18(23)22-10-15(17(21)11-22)14-7-3-2-4-8-14/h2-9,15,17H,10-12,21H2,1H3/t15-,17+/m0/s1. The molecule has 2 aromatic carbocycles. The number of amides is 1. The highest BCUT2D eigenvalue weighted by Crippen LogP contribution is 2.29. The number of carbonyl (C=O) groups is 1. The van der Waals surface area contributed by atoms with E-state index >= 15 is 0 Å². The molecule has 3 rings (SSSR count). The van der Waals surface area contributed by atoms with Gasteiger partial charge in [-0.1, -0.05) is 54.1 Å². The highest BCUT2D eigenvalue weighted by Gasteiger charge is 2.33. The van der Waals surface area contributed by atoms with Crippen molar-refractivity contribution in [1.82, 2.24) is 4.90 Å². The van der Waals surface area contributed by atoms with E-state index in [0.717, 1.165) is 5.56 Å². The van der Waals surface area contributed by atoms with Gasteiger partial charge in [-0.05, 0) is 24.1 Å². The summed E-state index contributed by atoms with van der Waals surface area (Å²) < 4.78 is 5.65. The quantitative estimate of drug-likeness (QED) is 0.927. The monoisotopic (exact) mass is 344 g/mol. The van der Waals surface area contributed by atoms with Crippen LogP contribution in [0.3, 0.4) is 0 Å². The van der Waals surface area contributed by atoms with Gasteiger partial charge in [-0.25, -0.2) is 0 Å². The second-order valence-electron chi connectivity index (χ2n) is 6.15. The maximum absolute atomic E-state index is 12.5. The molecule has 4 nitrogen and oxygen atoms in total. The molecule has 1 amide bonds. The van der Waals surface area contributed by atoms with Crippen molar-refractivity contribution in [3.05, 3.63) is 64.7 Å². The lowest BCUT2D eigenvalue weighted by Gasteiger charge is -2.18. The third-order valence-corrected chi connectivity index (χ3v) is 4.75. The molecule has 0 radical (unpaired) electrons. The van der Waals surface area contributed by atoms with Crippen LogP contribution < -0.4 is 10.5 Å². The number of carbonyl (C=O) groups excluding carboxylic acids is 1. The minimum atomic E-state index is -0.0665. The summed E-state index contributed by atoms with van der Waals surface area (Å²) in [5, 5.41) is 0.517. The summed E-state index contributed by atoms with van der Waals surface area (Å²) in [5.74, 6) is 0.663. The molecule has 24 heavy (non-hydrogen) atoms. The number of rotatable bonds is 4. The summed E-state index contributed by atoms with van der Waals surface area (Å²) >= 11 is 6.13. The van der Waals surface area contributed by atoms with Crippen LogP contribution in [0, 0.1) is 6.92 Å². The summed E-state index contributed by atoms with van der Waals surface area (Å²) in [6, 6.07) is 15.5. The number of nitrogens with zero attached hydrogens (tertiary/aromatic N) is 1. The Morgan fingerprint density at radius 3 is 2.67 bits per heavy atom. The van der Waals surface area contributed by atoms with Crippen LogP contribution in [-0.2, 0) is 4.79 Å². The van der Waals surface area contributed by atoms with Gasteiger partial charge in [-0.15, -0.1) is 0 Å². The highest BCUT2D eigenvalue weighted by atomic mass is 35.5. The minimum absolute atomic E-state index is 0.0290. The molecule has 0 unspecified atom stereocenters. The summed E-state index contributed by atoms with van der Waals surface area (Å²) in [7, 11) is 0. The molecule has 1 aliphatic rings. The molecule has 1 heterocycles. The molecule has 1 fully saturated rings. The van der Waals surface area contributed by atoms with Crippen LogP contribution in [0.5, 0.6) is 5.75 Å². The molecule has 0 spiro atoms. The Kier molecular flexibility index (Phi) is 5.07. The van der Waals surface area contributed by atoms with E-state index in [0.29, 0.717) is 23.9 Å². The van der Waals surface area contributed by atoms with E-state index < -0.39 is 0 Å². The van der Waals surface area contributed by atoms with Crippen LogP contribution in [0.4, 0.5) is 0 Å². The zero-order chi connectivity index (χ0) is 17.1. The van der Waals surface area contributed by atoms with Crippen LogP contribution >= 0.6 is 11.6 Å². The van der Waals surface area contributed by atoms with E-state index in [2.05, 4.69) is 12.1 Å². The molecule has 2 N–H and O–H groups in total. The van der Waals surface area contributed by atoms with Crippen molar-refractivity contribution < 1.29 is 9.53 Å². The smallest absolute Gasteiger partial charge is 0.260 e. The van der Waals surface area contributed by atoms with Crippen LogP contribution in [0.1, 0.15) is 17.0 Å². The Labute approximate surface area is 147 Å². The second-order valence-corrected chi connectivity index (χ2v) is 6.56. The van der Waals surface area contributed by atoms with Crippen LogP contribution in [0.15, 0.2) is 48.5 Å². The predicted molar refractivity (Wildman–Crippen MR) is 95.4 cm³/mol. The van der Waals surface area contributed by atoms with Crippen molar-refractivity contribution in [1.29, 1.82) is 0 Å². The predicted octanol–water partition coefficient (Wildman–Crippen LogP) is 2.98. The molecule has 1 aliphatic heterocycles. The summed E-state index contributed by atoms with van der Waals surface area (Å²) in [4.78, 5) is 14.2. The number of ether oxygens (including phenoxy) is 1. The van der Waals surface area contributed by atoms with E-state index in [1.54, 1.807) is 11.0 Å². The van der Waals surface area contributed by atoms with Gasteiger partial charge in [0.2, 0.25) is 0 Å². The molecule has 1 saturated heterocycles. The van der Waals surface area contributed by atoms with Crippen molar-refractivity contribution >= 4 is 17.5 Å². The van der Waals surface area contributed by atoms with Gasteiger partial charge in [0, 0.05) is 25.0 Å². The number of halogens is 1. The number of para-hydroxylation sites is 1. The summed E-state index contributed by atoms with van der Waals surface area (Å²) in [5.41, 5.74) is 8.32. The summed E-state index contributed by atoms with van der Waals surface area (Å²) in [6.45, 7) is 3.04. The van der Waals surface area contributed by atoms with E-state index in [1.165, 1.54) is 5.56 Å². The maximum atomic E-state index is 12.5. The number of hydrogen-bond donors (Lipinski definition) is 1. The fourth-order valence-corrected chi connectivity index (χ4v) is 3.39. The first-order valence-corrected chi connectivity index (χ1v) is 8.40. The van der Waals surface area contributed by atoms with Gasteiger partial charge in [0.05, 0.1) is 5.02 Å². The molecule has 0 saturated carbocycles. The number of likely N-dealkylation sites (tertiary alicyclic amines) is 1. The normalized spacial score (nSPS) is 20.2. The largest absolute Gasteiger partial charge is 0.482 e. The Morgan fingerprint density at radius 1 is 1.21 bits per heavy atom. The van der Waals surface area contributed by atoms with Crippen molar-refractivity contribution in [3.8, 4) is 5.75 Å². The lowest BCUT2D eigenvalue weighted by atomic mass is 9.95. The lowest BCUT2D eigenvalue weighted by molar-refractivity contribution is -0.132. The van der Waals surface area contributed by atoms with Crippen molar-refractivity contribution in [3.63, 3.8) is 0 Å². The molecular weight excluding hydrogens is 324 g/mol. The zero-order valence-electron chi connectivity index (χ0n) is 13.6. The lowest BCUT2D eigenvalue weighted by Crippen LogP contribution is -2.35. The molecule has 0 aliphatic carbocycles. The van der Waals surface area contributed by atoms with Gasteiger partial charge < -0.3 is 15.4 Å². The molecule has 126 valence electrons. The Bertz CT molecular complexity index is 700. The van der Waals surface area contributed by atoms with Crippen molar-refractivity contribution in [2.75, 3.05) is 19.7 Å². The van der Waals surface area contributed by atoms with Gasteiger partial charge in [0.1, 0.15) is 5.75 Å². The number of aryl methyl sites for hydroxylation is 1. The maximum Gasteiger partial charge on any atom is 0.260 e. The molecule has 0 aromatic heterocycles. The topological polar surface area (TPSA) is 55.6 Å². The third-order valence-electron chi connectivity index (χ3n) is 4.45. The highest BCUT2D eigenvalue weighted by molar-refractivity contribution is 6.32. The van der Waals surface area contributed by atoms with E-state index in [-0.39, 0.29) is 24.5 Å². The fraction of sp³-hybridized carbons (Fsp3) is 0.316. The third kappa shape index (κ3) is 3.55. The Balaban J connectivity index is 1.62. The fourth-order valence-electron chi connectivity index (χ4n) is 3.11. The minimum Gasteiger partial charge on any atom is -0.482 e. The number of benzene rings is 2. The van der Waals surface area contributed by atoms with Gasteiger partial charge in [0.15, 0.2) is 6.61 Å². The van der Waals surface area contributed by atoms with Crippen LogP contribution in [0.2, 0.25) is 5.02 Å². The van der Waals surface area contributed by atoms with Gasteiger partial charge in [0.25, 0.3) is 5.91 Å². The van der Waals surface area contributed by atoms with Crippen molar-refractivity contribution in [2.24, 2.45) is 5.73 Å². The first-order chi connectivity index (χ1) is 11.6. The molecule has 2 atom stereocenters. The van der Waals surface area contributed by atoms with Crippen LogP contribution in [0.25, 0.3) is 0 Å². The molecule has 0 bridgehead atoms. The van der Waals surface area contributed by atoms with E-state index in [9.17, 15) is 4.79 Å². The second kappa shape index (κ2) is 7.24. The van der Waals surface area contributed by atoms with Crippen molar-refractivity contribution in [2.45, 2.75) is 18.9 Å². The van der Waals surface area contributed by atoms with Crippen LogP contribution in [-0.4, -0.2) is 36.5 Å². The number of hydrogen-bond acceptors (Lipinski definition) is 3. The molecular formula is C19H21ClN2O2.